The number of ether oxygens (including phenoxy) is 2. The zero-order valence-corrected chi connectivity index (χ0v) is 13.2. The van der Waals surface area contributed by atoms with Gasteiger partial charge < -0.3 is 14.8 Å². The highest BCUT2D eigenvalue weighted by Crippen LogP contribution is 2.30. The Hall–Kier alpha value is -0.160. The van der Waals surface area contributed by atoms with E-state index >= 15 is 0 Å². The van der Waals surface area contributed by atoms with E-state index in [1.165, 1.54) is 58.2 Å². The van der Waals surface area contributed by atoms with Gasteiger partial charge in [-0.2, -0.15) is 0 Å². The maximum Gasteiger partial charge on any atom is 0.0593 e. The molecule has 1 heterocycles. The van der Waals surface area contributed by atoms with Crippen LogP contribution in [0.4, 0.5) is 0 Å². The average molecular weight is 284 g/mol. The van der Waals surface area contributed by atoms with Crippen molar-refractivity contribution < 1.29 is 9.47 Å². The van der Waals surface area contributed by atoms with Gasteiger partial charge in [-0.1, -0.05) is 19.3 Å². The van der Waals surface area contributed by atoms with E-state index in [2.05, 4.69) is 10.2 Å². The van der Waals surface area contributed by atoms with Gasteiger partial charge in [0.25, 0.3) is 0 Å². The number of hydrogen-bond acceptors (Lipinski definition) is 4. The third-order valence-electron chi connectivity index (χ3n) is 4.68. The fraction of sp³-hybridized carbons (Fsp3) is 1.00. The van der Waals surface area contributed by atoms with Crippen molar-refractivity contribution >= 4 is 0 Å². The van der Waals surface area contributed by atoms with E-state index in [1.807, 2.05) is 0 Å². The lowest BCUT2D eigenvalue weighted by Crippen LogP contribution is -2.53. The minimum absolute atomic E-state index is 0.408. The van der Waals surface area contributed by atoms with Crippen LogP contribution in [0.1, 0.15) is 44.9 Å². The van der Waals surface area contributed by atoms with Crippen molar-refractivity contribution in [3.8, 4) is 0 Å². The number of hydrogen-bond donors (Lipinski definition) is 1. The Labute approximate surface area is 124 Å². The van der Waals surface area contributed by atoms with E-state index in [0.717, 1.165) is 32.8 Å². The van der Waals surface area contributed by atoms with Gasteiger partial charge in [-0.05, 0) is 38.8 Å². The molecule has 1 spiro atoms. The molecule has 4 nitrogen and oxygen atoms in total. The van der Waals surface area contributed by atoms with Crippen molar-refractivity contribution in [2.75, 3.05) is 53.1 Å². The Morgan fingerprint density at radius 2 is 1.90 bits per heavy atom. The molecular formula is C16H32N2O2. The van der Waals surface area contributed by atoms with Gasteiger partial charge in [0.15, 0.2) is 0 Å². The highest BCUT2D eigenvalue weighted by molar-refractivity contribution is 4.95. The third kappa shape index (κ3) is 5.32. The molecule has 2 fully saturated rings. The van der Waals surface area contributed by atoms with Crippen LogP contribution in [-0.2, 0) is 9.47 Å². The van der Waals surface area contributed by atoms with Crippen LogP contribution < -0.4 is 5.32 Å². The maximum atomic E-state index is 5.71. The Bertz CT molecular complexity index is 255. The predicted octanol–water partition coefficient (Wildman–Crippen LogP) is 2.04. The molecule has 4 heteroatoms. The summed E-state index contributed by atoms with van der Waals surface area (Å²) in [5, 5.41) is 3.85. The summed E-state index contributed by atoms with van der Waals surface area (Å²) in [7, 11) is 1.74. The first-order valence-corrected chi connectivity index (χ1v) is 8.39. The number of nitrogens with zero attached hydrogens (tertiary/aromatic N) is 1. The lowest BCUT2D eigenvalue weighted by atomic mass is 9.81. The molecule has 0 aromatic rings. The van der Waals surface area contributed by atoms with Crippen LogP contribution in [0, 0.1) is 0 Å². The zero-order chi connectivity index (χ0) is 14.1. The molecule has 0 unspecified atom stereocenters. The van der Waals surface area contributed by atoms with Crippen LogP contribution in [0.2, 0.25) is 0 Å². The summed E-state index contributed by atoms with van der Waals surface area (Å²) in [6.07, 6.45) is 9.21. The molecule has 1 aliphatic heterocycles. The monoisotopic (exact) mass is 284 g/mol. The normalized spacial score (nSPS) is 23.9. The molecule has 0 aromatic heterocycles. The van der Waals surface area contributed by atoms with Crippen LogP contribution >= 0.6 is 0 Å². The Morgan fingerprint density at radius 3 is 2.70 bits per heavy atom. The SMILES string of the molecule is COCCCOCCN1CCCNC2(CCCCC2)C1. The van der Waals surface area contributed by atoms with Crippen LogP contribution in [0.15, 0.2) is 0 Å². The van der Waals surface area contributed by atoms with E-state index in [0.29, 0.717) is 5.54 Å². The van der Waals surface area contributed by atoms with Crippen LogP contribution in [0.25, 0.3) is 0 Å². The molecule has 20 heavy (non-hydrogen) atoms. The summed E-state index contributed by atoms with van der Waals surface area (Å²) < 4.78 is 10.7. The van der Waals surface area contributed by atoms with Crippen LogP contribution in [-0.4, -0.2) is 63.5 Å². The molecular weight excluding hydrogens is 252 g/mol. The highest BCUT2D eigenvalue weighted by atomic mass is 16.5. The number of rotatable bonds is 7. The van der Waals surface area contributed by atoms with Gasteiger partial charge >= 0.3 is 0 Å². The largest absolute Gasteiger partial charge is 0.385 e. The molecule has 1 aliphatic carbocycles. The molecule has 2 aliphatic rings. The van der Waals surface area contributed by atoms with Crippen molar-refractivity contribution in [1.29, 1.82) is 0 Å². The van der Waals surface area contributed by atoms with Gasteiger partial charge in [0, 0.05) is 39.0 Å². The molecule has 0 radical (unpaired) electrons. The minimum Gasteiger partial charge on any atom is -0.385 e. The van der Waals surface area contributed by atoms with Gasteiger partial charge in [-0.25, -0.2) is 0 Å². The number of methoxy groups -OCH3 is 1. The van der Waals surface area contributed by atoms with E-state index < -0.39 is 0 Å². The van der Waals surface area contributed by atoms with Gasteiger partial charge in [0.2, 0.25) is 0 Å². The summed E-state index contributed by atoms with van der Waals surface area (Å²) in [6, 6.07) is 0. The van der Waals surface area contributed by atoms with E-state index in [-0.39, 0.29) is 0 Å². The Balaban J connectivity index is 1.67. The fourth-order valence-corrected chi connectivity index (χ4v) is 3.57. The van der Waals surface area contributed by atoms with Crippen molar-refractivity contribution in [3.05, 3.63) is 0 Å². The van der Waals surface area contributed by atoms with Gasteiger partial charge in [0.05, 0.1) is 6.61 Å². The van der Waals surface area contributed by atoms with Gasteiger partial charge in [-0.3, -0.25) is 4.90 Å². The summed E-state index contributed by atoms with van der Waals surface area (Å²) >= 11 is 0. The molecule has 1 saturated carbocycles. The second-order valence-corrected chi connectivity index (χ2v) is 6.36. The molecule has 0 amide bonds. The van der Waals surface area contributed by atoms with Gasteiger partial charge in [-0.15, -0.1) is 0 Å². The molecule has 0 aromatic carbocycles. The molecule has 1 N–H and O–H groups in total. The van der Waals surface area contributed by atoms with Crippen molar-refractivity contribution in [3.63, 3.8) is 0 Å². The van der Waals surface area contributed by atoms with Crippen molar-refractivity contribution in [2.45, 2.75) is 50.5 Å². The first kappa shape index (κ1) is 16.2. The molecule has 0 bridgehead atoms. The quantitative estimate of drug-likeness (QED) is 0.725. The number of nitrogens with one attached hydrogen (secondary N) is 1. The summed E-state index contributed by atoms with van der Waals surface area (Å²) in [5.74, 6) is 0. The van der Waals surface area contributed by atoms with Crippen molar-refractivity contribution in [1.82, 2.24) is 10.2 Å². The highest BCUT2D eigenvalue weighted by Gasteiger charge is 2.34. The topological polar surface area (TPSA) is 33.7 Å². The summed E-state index contributed by atoms with van der Waals surface area (Å²) in [4.78, 5) is 2.61. The van der Waals surface area contributed by atoms with E-state index in [1.54, 1.807) is 7.11 Å². The lowest BCUT2D eigenvalue weighted by Gasteiger charge is -2.40. The predicted molar refractivity (Wildman–Crippen MR) is 82.2 cm³/mol. The van der Waals surface area contributed by atoms with E-state index in [4.69, 9.17) is 9.47 Å². The smallest absolute Gasteiger partial charge is 0.0593 e. The molecule has 2 rings (SSSR count). The maximum absolute atomic E-state index is 5.71. The average Bonchev–Trinajstić information content (AvgIpc) is 2.66. The molecule has 0 atom stereocenters. The second-order valence-electron chi connectivity index (χ2n) is 6.36. The molecule has 118 valence electrons. The third-order valence-corrected chi connectivity index (χ3v) is 4.68. The lowest BCUT2D eigenvalue weighted by molar-refractivity contribution is 0.0750. The summed E-state index contributed by atoms with van der Waals surface area (Å²) in [6.45, 7) is 7.19. The van der Waals surface area contributed by atoms with Crippen LogP contribution in [0.3, 0.4) is 0 Å². The van der Waals surface area contributed by atoms with Crippen LogP contribution in [0.5, 0.6) is 0 Å². The first-order chi connectivity index (χ1) is 9.85. The Morgan fingerprint density at radius 1 is 1.05 bits per heavy atom. The summed E-state index contributed by atoms with van der Waals surface area (Å²) in [5.41, 5.74) is 0.408. The first-order valence-electron chi connectivity index (χ1n) is 8.39. The molecule has 1 saturated heterocycles. The fourth-order valence-electron chi connectivity index (χ4n) is 3.57. The minimum atomic E-state index is 0.408. The van der Waals surface area contributed by atoms with Crippen molar-refractivity contribution in [2.24, 2.45) is 0 Å². The van der Waals surface area contributed by atoms with E-state index in [9.17, 15) is 0 Å². The zero-order valence-electron chi connectivity index (χ0n) is 13.2. The Kier molecular flexibility index (Phi) is 7.28. The standard InChI is InChI=1S/C16H32N2O2/c1-19-12-6-13-20-14-11-18-10-5-9-17-16(15-18)7-3-2-4-8-16/h17H,2-15H2,1H3. The second kappa shape index (κ2) is 8.98. The van der Waals surface area contributed by atoms with Gasteiger partial charge in [0.1, 0.15) is 0 Å².